The molecule has 0 saturated carbocycles. The Morgan fingerprint density at radius 3 is 2.59 bits per heavy atom. The summed E-state index contributed by atoms with van der Waals surface area (Å²) in [5, 5.41) is 3.00. The summed E-state index contributed by atoms with van der Waals surface area (Å²) in [5.41, 5.74) is 0.574. The van der Waals surface area contributed by atoms with Crippen molar-refractivity contribution >= 4 is 11.7 Å². The lowest BCUT2D eigenvalue weighted by atomic mass is 10.0. The standard InChI is InChI=1S/C20H29N3O4/c1-14(20(25)16-7-8-17-18(11-16)27-13-26-17)22(3)15(2)21-19(24)12-23-9-5-4-6-10-23/h7-8,11,14-15H,4-6,9-10,12-13H2,1-3H3,(H,21,24). The average Bonchev–Trinajstić information content (AvgIpc) is 3.14. The van der Waals surface area contributed by atoms with Crippen molar-refractivity contribution in [2.45, 2.75) is 45.3 Å². The van der Waals surface area contributed by atoms with Gasteiger partial charge < -0.3 is 14.8 Å². The lowest BCUT2D eigenvalue weighted by Crippen LogP contribution is -2.52. The highest BCUT2D eigenvalue weighted by atomic mass is 16.7. The summed E-state index contributed by atoms with van der Waals surface area (Å²) in [6.45, 7) is 6.32. The molecule has 0 spiro atoms. The Bertz CT molecular complexity index is 688. The van der Waals surface area contributed by atoms with Gasteiger partial charge in [0.15, 0.2) is 17.3 Å². The number of Topliss-reactive ketones (excluding diaryl/α,β-unsaturated/α-hetero) is 1. The van der Waals surface area contributed by atoms with Crippen LogP contribution in [0.2, 0.25) is 0 Å². The Balaban J connectivity index is 1.54. The number of carbonyl (C=O) groups excluding carboxylic acids is 2. The van der Waals surface area contributed by atoms with Crippen molar-refractivity contribution in [3.05, 3.63) is 23.8 Å². The number of hydrogen-bond donors (Lipinski definition) is 1. The van der Waals surface area contributed by atoms with E-state index in [2.05, 4.69) is 10.2 Å². The zero-order chi connectivity index (χ0) is 19.4. The van der Waals surface area contributed by atoms with Gasteiger partial charge in [-0.1, -0.05) is 6.42 Å². The van der Waals surface area contributed by atoms with E-state index in [4.69, 9.17) is 9.47 Å². The number of piperidine rings is 1. The Kier molecular flexibility index (Phi) is 6.34. The highest BCUT2D eigenvalue weighted by Gasteiger charge is 2.26. The zero-order valence-electron chi connectivity index (χ0n) is 16.4. The van der Waals surface area contributed by atoms with Crippen molar-refractivity contribution < 1.29 is 19.1 Å². The zero-order valence-corrected chi connectivity index (χ0v) is 16.4. The molecule has 2 heterocycles. The number of ether oxygens (including phenoxy) is 2. The SMILES string of the molecule is CC(NC(=O)CN1CCCCC1)N(C)C(C)C(=O)c1ccc2c(c1)OCO2. The monoisotopic (exact) mass is 375 g/mol. The summed E-state index contributed by atoms with van der Waals surface area (Å²) in [5.74, 6) is 1.23. The molecule has 1 fully saturated rings. The number of ketones is 1. The van der Waals surface area contributed by atoms with Crippen LogP contribution in [0.1, 0.15) is 43.5 Å². The number of benzene rings is 1. The van der Waals surface area contributed by atoms with E-state index in [1.54, 1.807) is 18.2 Å². The van der Waals surface area contributed by atoms with E-state index in [1.807, 2.05) is 25.8 Å². The van der Waals surface area contributed by atoms with Crippen LogP contribution in [0.4, 0.5) is 0 Å². The van der Waals surface area contributed by atoms with Crippen molar-refractivity contribution in [1.29, 1.82) is 0 Å². The minimum absolute atomic E-state index is 0.000946. The maximum Gasteiger partial charge on any atom is 0.235 e. The topological polar surface area (TPSA) is 71.1 Å². The number of likely N-dealkylation sites (N-methyl/N-ethyl adjacent to an activating group) is 1. The van der Waals surface area contributed by atoms with Crippen LogP contribution < -0.4 is 14.8 Å². The van der Waals surface area contributed by atoms with Crippen molar-refractivity contribution in [2.24, 2.45) is 0 Å². The molecule has 3 rings (SSSR count). The number of nitrogens with zero attached hydrogens (tertiary/aromatic N) is 2. The Morgan fingerprint density at radius 1 is 1.15 bits per heavy atom. The first-order valence-corrected chi connectivity index (χ1v) is 9.63. The Labute approximate surface area is 160 Å². The highest BCUT2D eigenvalue weighted by molar-refractivity contribution is 6.00. The molecule has 2 aliphatic heterocycles. The van der Waals surface area contributed by atoms with E-state index in [9.17, 15) is 9.59 Å². The van der Waals surface area contributed by atoms with Gasteiger partial charge in [-0.15, -0.1) is 0 Å². The van der Waals surface area contributed by atoms with E-state index < -0.39 is 0 Å². The van der Waals surface area contributed by atoms with E-state index in [0.29, 0.717) is 23.6 Å². The van der Waals surface area contributed by atoms with Gasteiger partial charge in [-0.2, -0.15) is 0 Å². The summed E-state index contributed by atoms with van der Waals surface area (Å²) in [6.07, 6.45) is 3.32. The lowest BCUT2D eigenvalue weighted by molar-refractivity contribution is -0.124. The fraction of sp³-hybridized carbons (Fsp3) is 0.600. The molecule has 0 aliphatic carbocycles. The summed E-state index contributed by atoms with van der Waals surface area (Å²) >= 11 is 0. The summed E-state index contributed by atoms with van der Waals surface area (Å²) in [4.78, 5) is 29.2. The van der Waals surface area contributed by atoms with Crippen LogP contribution in [-0.4, -0.2) is 67.2 Å². The molecule has 2 aliphatic rings. The molecule has 148 valence electrons. The molecular formula is C20H29N3O4. The van der Waals surface area contributed by atoms with Crippen molar-refractivity contribution in [1.82, 2.24) is 15.1 Å². The second-order valence-corrected chi connectivity index (χ2v) is 7.35. The van der Waals surface area contributed by atoms with Gasteiger partial charge in [-0.05, 0) is 65.0 Å². The summed E-state index contributed by atoms with van der Waals surface area (Å²) in [6, 6.07) is 4.84. The Morgan fingerprint density at radius 2 is 1.85 bits per heavy atom. The molecule has 0 aromatic heterocycles. The van der Waals surface area contributed by atoms with Gasteiger partial charge in [0.2, 0.25) is 12.7 Å². The third kappa shape index (κ3) is 4.78. The molecule has 1 saturated heterocycles. The predicted molar refractivity (Wildman–Crippen MR) is 102 cm³/mol. The first kappa shape index (κ1) is 19.6. The molecule has 0 bridgehead atoms. The second-order valence-electron chi connectivity index (χ2n) is 7.35. The average molecular weight is 375 g/mol. The van der Waals surface area contributed by atoms with Gasteiger partial charge in [0.05, 0.1) is 18.8 Å². The fourth-order valence-electron chi connectivity index (χ4n) is 3.51. The molecule has 1 aromatic carbocycles. The minimum atomic E-state index is -0.379. The van der Waals surface area contributed by atoms with Crippen LogP contribution in [0, 0.1) is 0 Å². The quantitative estimate of drug-likeness (QED) is 0.579. The van der Waals surface area contributed by atoms with Gasteiger partial charge in [0, 0.05) is 5.56 Å². The van der Waals surface area contributed by atoms with Gasteiger partial charge in [-0.3, -0.25) is 19.4 Å². The van der Waals surface area contributed by atoms with Gasteiger partial charge in [0.1, 0.15) is 0 Å². The van der Waals surface area contributed by atoms with E-state index in [-0.39, 0.29) is 30.7 Å². The molecule has 1 aromatic rings. The Hall–Kier alpha value is -2.12. The second kappa shape index (κ2) is 8.71. The highest BCUT2D eigenvalue weighted by Crippen LogP contribution is 2.33. The number of rotatable bonds is 7. The normalized spacial score (nSPS) is 19.0. The van der Waals surface area contributed by atoms with E-state index >= 15 is 0 Å². The van der Waals surface area contributed by atoms with E-state index in [1.165, 1.54) is 6.42 Å². The maximum absolute atomic E-state index is 12.8. The van der Waals surface area contributed by atoms with Crippen LogP contribution in [0.25, 0.3) is 0 Å². The number of amides is 1. The molecule has 2 atom stereocenters. The van der Waals surface area contributed by atoms with Crippen LogP contribution in [-0.2, 0) is 4.79 Å². The minimum Gasteiger partial charge on any atom is -0.454 e. The third-order valence-corrected chi connectivity index (χ3v) is 5.44. The first-order chi connectivity index (χ1) is 13.0. The number of fused-ring (bicyclic) bond motifs is 1. The number of likely N-dealkylation sites (tertiary alicyclic amines) is 1. The van der Waals surface area contributed by atoms with Gasteiger partial charge in [0.25, 0.3) is 0 Å². The van der Waals surface area contributed by atoms with Crippen molar-refractivity contribution in [3.8, 4) is 11.5 Å². The van der Waals surface area contributed by atoms with E-state index in [0.717, 1.165) is 25.9 Å². The van der Waals surface area contributed by atoms with Crippen LogP contribution in [0.3, 0.4) is 0 Å². The summed E-state index contributed by atoms with van der Waals surface area (Å²) < 4.78 is 10.6. The summed E-state index contributed by atoms with van der Waals surface area (Å²) in [7, 11) is 1.85. The molecule has 0 radical (unpaired) electrons. The van der Waals surface area contributed by atoms with Crippen molar-refractivity contribution in [3.63, 3.8) is 0 Å². The maximum atomic E-state index is 12.8. The third-order valence-electron chi connectivity index (χ3n) is 5.44. The molecule has 27 heavy (non-hydrogen) atoms. The number of carbonyl (C=O) groups is 2. The molecule has 7 heteroatoms. The predicted octanol–water partition coefficient (Wildman–Crippen LogP) is 1.87. The number of hydrogen-bond acceptors (Lipinski definition) is 6. The number of nitrogens with one attached hydrogen (secondary N) is 1. The smallest absolute Gasteiger partial charge is 0.235 e. The molecule has 1 amide bonds. The molecule has 2 unspecified atom stereocenters. The van der Waals surface area contributed by atoms with Crippen LogP contribution in [0.15, 0.2) is 18.2 Å². The fourth-order valence-corrected chi connectivity index (χ4v) is 3.51. The largest absolute Gasteiger partial charge is 0.454 e. The van der Waals surface area contributed by atoms with Gasteiger partial charge >= 0.3 is 0 Å². The lowest BCUT2D eigenvalue weighted by Gasteiger charge is -2.32. The van der Waals surface area contributed by atoms with Crippen LogP contribution >= 0.6 is 0 Å². The van der Waals surface area contributed by atoms with Gasteiger partial charge in [-0.25, -0.2) is 0 Å². The van der Waals surface area contributed by atoms with Crippen LogP contribution in [0.5, 0.6) is 11.5 Å². The molecule has 7 nitrogen and oxygen atoms in total. The first-order valence-electron chi connectivity index (χ1n) is 9.63. The molecular weight excluding hydrogens is 346 g/mol. The molecule has 1 N–H and O–H groups in total. The van der Waals surface area contributed by atoms with Crippen molar-refractivity contribution in [2.75, 3.05) is 33.5 Å².